The standard InChI is InChI=1S/C18H22F3N5OS2/c1-2-6-22-16-23-24-17(29-16)28-12-15(27)26-9-7-25(8-10-26)14-5-3-4-13(11-14)18(19,20)21/h3-5,11H,2,6-10,12H2,1H3,(H,22,23). The molecule has 1 N–H and O–H groups in total. The van der Waals surface area contributed by atoms with Crippen LogP contribution in [0.5, 0.6) is 0 Å². The first kappa shape index (κ1) is 21.7. The second kappa shape index (κ2) is 9.66. The number of piperazine rings is 1. The van der Waals surface area contributed by atoms with E-state index in [1.165, 1.54) is 29.2 Å². The number of amides is 1. The van der Waals surface area contributed by atoms with Gasteiger partial charge in [-0.3, -0.25) is 4.79 Å². The van der Waals surface area contributed by atoms with Gasteiger partial charge in [0.15, 0.2) is 4.34 Å². The van der Waals surface area contributed by atoms with Gasteiger partial charge in [-0.15, -0.1) is 10.2 Å². The summed E-state index contributed by atoms with van der Waals surface area (Å²) in [5, 5.41) is 12.0. The quantitative estimate of drug-likeness (QED) is 0.654. The van der Waals surface area contributed by atoms with Crippen LogP contribution in [0.25, 0.3) is 0 Å². The molecule has 0 aliphatic carbocycles. The smallest absolute Gasteiger partial charge is 0.368 e. The highest BCUT2D eigenvalue weighted by molar-refractivity contribution is 8.01. The topological polar surface area (TPSA) is 61.4 Å². The lowest BCUT2D eigenvalue weighted by Crippen LogP contribution is -2.49. The van der Waals surface area contributed by atoms with Crippen molar-refractivity contribution in [2.24, 2.45) is 0 Å². The van der Waals surface area contributed by atoms with E-state index in [0.717, 1.165) is 34.6 Å². The Morgan fingerprint density at radius 1 is 1.24 bits per heavy atom. The largest absolute Gasteiger partial charge is 0.416 e. The zero-order valence-electron chi connectivity index (χ0n) is 15.9. The van der Waals surface area contributed by atoms with Crippen LogP contribution in [-0.2, 0) is 11.0 Å². The van der Waals surface area contributed by atoms with Gasteiger partial charge in [-0.25, -0.2) is 0 Å². The minimum absolute atomic E-state index is 0.00282. The van der Waals surface area contributed by atoms with Crippen molar-refractivity contribution in [3.63, 3.8) is 0 Å². The van der Waals surface area contributed by atoms with E-state index in [4.69, 9.17) is 0 Å². The molecule has 29 heavy (non-hydrogen) atoms. The van der Waals surface area contributed by atoms with Crippen LogP contribution in [0.4, 0.5) is 24.0 Å². The van der Waals surface area contributed by atoms with Crippen LogP contribution in [-0.4, -0.2) is 59.5 Å². The molecule has 1 aliphatic heterocycles. The maximum atomic E-state index is 12.9. The first-order valence-electron chi connectivity index (χ1n) is 9.27. The number of nitrogens with zero attached hydrogens (tertiary/aromatic N) is 4. The fourth-order valence-corrected chi connectivity index (χ4v) is 4.56. The lowest BCUT2D eigenvalue weighted by atomic mass is 10.1. The van der Waals surface area contributed by atoms with Crippen LogP contribution in [0.2, 0.25) is 0 Å². The molecule has 158 valence electrons. The van der Waals surface area contributed by atoms with Crippen molar-refractivity contribution in [2.45, 2.75) is 23.9 Å². The monoisotopic (exact) mass is 445 g/mol. The SMILES string of the molecule is CCCNc1nnc(SCC(=O)N2CCN(c3cccc(C(F)(F)F)c3)CC2)s1. The third kappa shape index (κ3) is 5.99. The molecular formula is C18H22F3N5OS2. The lowest BCUT2D eigenvalue weighted by molar-refractivity contribution is -0.137. The van der Waals surface area contributed by atoms with Crippen molar-refractivity contribution >= 4 is 39.8 Å². The van der Waals surface area contributed by atoms with Gasteiger partial charge in [-0.05, 0) is 24.6 Å². The molecule has 0 saturated carbocycles. The molecule has 2 heterocycles. The molecule has 0 radical (unpaired) electrons. The number of carbonyl (C=O) groups excluding carboxylic acids is 1. The molecule has 0 spiro atoms. The molecule has 3 rings (SSSR count). The normalized spacial score (nSPS) is 14.9. The Morgan fingerprint density at radius 2 is 2.00 bits per heavy atom. The van der Waals surface area contributed by atoms with E-state index in [0.29, 0.717) is 31.9 Å². The number of rotatable bonds is 7. The number of thioether (sulfide) groups is 1. The first-order chi connectivity index (χ1) is 13.9. The number of hydrogen-bond donors (Lipinski definition) is 1. The second-order valence-corrected chi connectivity index (χ2v) is 8.70. The predicted octanol–water partition coefficient (Wildman–Crippen LogP) is 3.82. The molecule has 1 saturated heterocycles. The van der Waals surface area contributed by atoms with E-state index in [-0.39, 0.29) is 11.7 Å². The van der Waals surface area contributed by atoms with Gasteiger partial charge in [0.25, 0.3) is 0 Å². The average Bonchev–Trinajstić information content (AvgIpc) is 3.18. The molecule has 2 aromatic rings. The molecule has 0 atom stereocenters. The summed E-state index contributed by atoms with van der Waals surface area (Å²) in [5.74, 6) is 0.267. The molecule has 11 heteroatoms. The Hall–Kier alpha value is -2.01. The second-order valence-electron chi connectivity index (χ2n) is 6.50. The predicted molar refractivity (Wildman–Crippen MR) is 110 cm³/mol. The fraction of sp³-hybridized carbons (Fsp3) is 0.500. The number of anilines is 2. The van der Waals surface area contributed by atoms with Crippen LogP contribution >= 0.6 is 23.1 Å². The summed E-state index contributed by atoms with van der Waals surface area (Å²) < 4.78 is 39.4. The molecule has 0 unspecified atom stereocenters. The number of hydrogen-bond acceptors (Lipinski definition) is 7. The minimum atomic E-state index is -4.36. The van der Waals surface area contributed by atoms with Gasteiger partial charge in [0.05, 0.1) is 11.3 Å². The lowest BCUT2D eigenvalue weighted by Gasteiger charge is -2.36. The third-order valence-corrected chi connectivity index (χ3v) is 6.42. The van der Waals surface area contributed by atoms with E-state index in [1.807, 2.05) is 4.90 Å². The maximum Gasteiger partial charge on any atom is 0.416 e. The van der Waals surface area contributed by atoms with Gasteiger partial charge >= 0.3 is 6.18 Å². The van der Waals surface area contributed by atoms with Gasteiger partial charge in [0.2, 0.25) is 11.0 Å². The summed E-state index contributed by atoms with van der Waals surface area (Å²) in [4.78, 5) is 16.1. The number of halogens is 3. The Labute approximate surface area is 175 Å². The zero-order chi connectivity index (χ0) is 20.9. The summed E-state index contributed by atoms with van der Waals surface area (Å²) in [7, 11) is 0. The molecule has 1 aliphatic rings. The Bertz CT molecular complexity index is 822. The van der Waals surface area contributed by atoms with Gasteiger partial charge in [0.1, 0.15) is 0 Å². The fourth-order valence-electron chi connectivity index (χ4n) is 2.88. The zero-order valence-corrected chi connectivity index (χ0v) is 17.5. The summed E-state index contributed by atoms with van der Waals surface area (Å²) in [6.45, 7) is 4.86. The summed E-state index contributed by atoms with van der Waals surface area (Å²) >= 11 is 2.77. The van der Waals surface area contributed by atoms with Crippen LogP contribution in [0.1, 0.15) is 18.9 Å². The molecular weight excluding hydrogens is 423 g/mol. The number of nitrogens with one attached hydrogen (secondary N) is 1. The van der Waals surface area contributed by atoms with Crippen molar-refractivity contribution in [1.29, 1.82) is 0 Å². The molecule has 1 aromatic carbocycles. The van der Waals surface area contributed by atoms with Crippen molar-refractivity contribution in [2.75, 3.05) is 48.7 Å². The maximum absolute atomic E-state index is 12.9. The molecule has 1 amide bonds. The molecule has 1 fully saturated rings. The van der Waals surface area contributed by atoms with Crippen molar-refractivity contribution < 1.29 is 18.0 Å². The highest BCUT2D eigenvalue weighted by atomic mass is 32.2. The summed E-state index contributed by atoms with van der Waals surface area (Å²) in [6.07, 6.45) is -3.37. The Morgan fingerprint density at radius 3 is 2.69 bits per heavy atom. The van der Waals surface area contributed by atoms with Crippen LogP contribution in [0, 0.1) is 0 Å². The summed E-state index contributed by atoms with van der Waals surface area (Å²) in [6, 6.07) is 5.31. The van der Waals surface area contributed by atoms with Crippen molar-refractivity contribution in [3.8, 4) is 0 Å². The number of benzene rings is 1. The minimum Gasteiger partial charge on any atom is -0.368 e. The molecule has 0 bridgehead atoms. The van der Waals surface area contributed by atoms with Crippen molar-refractivity contribution in [3.05, 3.63) is 29.8 Å². The highest BCUT2D eigenvalue weighted by Gasteiger charge is 2.31. The Kier molecular flexibility index (Phi) is 7.23. The average molecular weight is 446 g/mol. The molecule has 6 nitrogen and oxygen atoms in total. The third-order valence-electron chi connectivity index (χ3n) is 4.42. The highest BCUT2D eigenvalue weighted by Crippen LogP contribution is 2.32. The van der Waals surface area contributed by atoms with E-state index in [2.05, 4.69) is 22.4 Å². The van der Waals surface area contributed by atoms with Gasteiger partial charge in [-0.2, -0.15) is 13.2 Å². The first-order valence-corrected chi connectivity index (χ1v) is 11.1. The van der Waals surface area contributed by atoms with Crippen molar-refractivity contribution in [1.82, 2.24) is 15.1 Å². The van der Waals surface area contributed by atoms with Gasteiger partial charge in [-0.1, -0.05) is 36.1 Å². The Balaban J connectivity index is 1.48. The number of aromatic nitrogens is 2. The van der Waals surface area contributed by atoms with E-state index in [1.54, 1.807) is 11.0 Å². The number of carbonyl (C=O) groups is 1. The van der Waals surface area contributed by atoms with Gasteiger partial charge in [0, 0.05) is 38.4 Å². The van der Waals surface area contributed by atoms with E-state index >= 15 is 0 Å². The molecule has 1 aromatic heterocycles. The van der Waals surface area contributed by atoms with E-state index in [9.17, 15) is 18.0 Å². The number of alkyl halides is 3. The van der Waals surface area contributed by atoms with Crippen LogP contribution in [0.15, 0.2) is 28.6 Å². The van der Waals surface area contributed by atoms with E-state index < -0.39 is 11.7 Å². The summed E-state index contributed by atoms with van der Waals surface area (Å²) in [5.41, 5.74) is -0.128. The van der Waals surface area contributed by atoms with Crippen LogP contribution < -0.4 is 10.2 Å². The van der Waals surface area contributed by atoms with Gasteiger partial charge < -0.3 is 15.1 Å². The van der Waals surface area contributed by atoms with Crippen LogP contribution in [0.3, 0.4) is 0 Å².